The molecule has 3 aliphatic rings. The van der Waals surface area contributed by atoms with Crippen LogP contribution in [0.4, 0.5) is 0 Å². The maximum atomic E-state index is 12.7. The molecule has 2 bridgehead atoms. The number of hydrogen-bond donors (Lipinski definition) is 1. The smallest absolute Gasteiger partial charge is 0.222 e. The van der Waals surface area contributed by atoms with Gasteiger partial charge in [0.15, 0.2) is 0 Å². The fourth-order valence-electron chi connectivity index (χ4n) is 5.05. The summed E-state index contributed by atoms with van der Waals surface area (Å²) in [6, 6.07) is 12.2. The SMILES string of the molecule is Cl.O=C(CC1CC2CCC(C1)N2)N1CCC(Cc2ccccc2)CC1. The van der Waals surface area contributed by atoms with Crippen molar-refractivity contribution in [2.45, 2.75) is 63.5 Å². The number of likely N-dealkylation sites (tertiary alicyclic amines) is 1. The highest BCUT2D eigenvalue weighted by molar-refractivity contribution is 5.85. The number of amides is 1. The van der Waals surface area contributed by atoms with E-state index in [1.165, 1.54) is 37.7 Å². The van der Waals surface area contributed by atoms with Gasteiger partial charge in [0, 0.05) is 31.6 Å². The van der Waals surface area contributed by atoms with Crippen LogP contribution in [0, 0.1) is 11.8 Å². The number of nitrogens with one attached hydrogen (secondary N) is 1. The van der Waals surface area contributed by atoms with Crippen LogP contribution in [-0.4, -0.2) is 36.0 Å². The lowest BCUT2D eigenvalue weighted by Gasteiger charge is -2.34. The van der Waals surface area contributed by atoms with E-state index in [-0.39, 0.29) is 12.4 Å². The molecule has 3 fully saturated rings. The lowest BCUT2D eigenvalue weighted by atomic mass is 9.87. The van der Waals surface area contributed by atoms with Gasteiger partial charge in [0.25, 0.3) is 0 Å². The molecule has 0 spiro atoms. The lowest BCUT2D eigenvalue weighted by Crippen LogP contribution is -2.42. The zero-order valence-electron chi connectivity index (χ0n) is 15.0. The molecule has 4 heteroatoms. The molecular weight excluding hydrogens is 332 g/mol. The fourth-order valence-corrected chi connectivity index (χ4v) is 5.05. The van der Waals surface area contributed by atoms with E-state index in [1.54, 1.807) is 0 Å². The Hall–Kier alpha value is -1.06. The van der Waals surface area contributed by atoms with Crippen LogP contribution in [0.1, 0.15) is 50.5 Å². The van der Waals surface area contributed by atoms with Gasteiger partial charge in [0.1, 0.15) is 0 Å². The van der Waals surface area contributed by atoms with E-state index in [0.717, 1.165) is 38.3 Å². The third-order valence-electron chi connectivity index (χ3n) is 6.37. The second-order valence-corrected chi connectivity index (χ2v) is 8.19. The number of hydrogen-bond acceptors (Lipinski definition) is 2. The molecule has 0 aromatic heterocycles. The predicted octanol–water partition coefficient (Wildman–Crippen LogP) is 3.81. The van der Waals surface area contributed by atoms with E-state index < -0.39 is 0 Å². The monoisotopic (exact) mass is 362 g/mol. The number of halogens is 1. The lowest BCUT2D eigenvalue weighted by molar-refractivity contribution is -0.133. The maximum Gasteiger partial charge on any atom is 0.222 e. The number of benzene rings is 1. The molecule has 3 saturated heterocycles. The molecule has 0 radical (unpaired) electrons. The van der Waals surface area contributed by atoms with Crippen molar-refractivity contribution in [1.29, 1.82) is 0 Å². The molecule has 3 aliphatic heterocycles. The largest absolute Gasteiger partial charge is 0.343 e. The van der Waals surface area contributed by atoms with Gasteiger partial charge < -0.3 is 10.2 Å². The molecule has 2 unspecified atom stereocenters. The first kappa shape index (κ1) is 18.7. The second-order valence-electron chi connectivity index (χ2n) is 8.19. The van der Waals surface area contributed by atoms with Gasteiger partial charge >= 0.3 is 0 Å². The molecule has 138 valence electrons. The minimum absolute atomic E-state index is 0. The molecule has 1 amide bonds. The summed E-state index contributed by atoms with van der Waals surface area (Å²) in [7, 11) is 0. The van der Waals surface area contributed by atoms with Crippen molar-refractivity contribution in [2.24, 2.45) is 11.8 Å². The quantitative estimate of drug-likeness (QED) is 0.883. The third kappa shape index (κ3) is 4.77. The first-order valence-electron chi connectivity index (χ1n) is 9.84. The molecule has 0 saturated carbocycles. The number of rotatable bonds is 4. The van der Waals surface area contributed by atoms with E-state index in [4.69, 9.17) is 0 Å². The minimum atomic E-state index is 0. The van der Waals surface area contributed by atoms with Gasteiger partial charge in [-0.2, -0.15) is 0 Å². The Morgan fingerprint density at radius 2 is 1.60 bits per heavy atom. The van der Waals surface area contributed by atoms with Gasteiger partial charge in [-0.1, -0.05) is 30.3 Å². The number of carbonyl (C=O) groups is 1. The van der Waals surface area contributed by atoms with Crippen LogP contribution >= 0.6 is 12.4 Å². The summed E-state index contributed by atoms with van der Waals surface area (Å²) < 4.78 is 0. The minimum Gasteiger partial charge on any atom is -0.343 e. The predicted molar refractivity (Wildman–Crippen MR) is 104 cm³/mol. The normalized spacial score (nSPS) is 29.3. The molecule has 1 aromatic carbocycles. The zero-order valence-corrected chi connectivity index (χ0v) is 15.8. The van der Waals surface area contributed by atoms with Crippen molar-refractivity contribution in [3.05, 3.63) is 35.9 Å². The van der Waals surface area contributed by atoms with Crippen molar-refractivity contribution in [3.63, 3.8) is 0 Å². The van der Waals surface area contributed by atoms with Crippen LogP contribution in [0.3, 0.4) is 0 Å². The summed E-state index contributed by atoms with van der Waals surface area (Å²) in [4.78, 5) is 14.8. The zero-order chi connectivity index (χ0) is 16.4. The molecule has 2 atom stereocenters. The molecule has 1 N–H and O–H groups in total. The van der Waals surface area contributed by atoms with Crippen LogP contribution in [-0.2, 0) is 11.2 Å². The topological polar surface area (TPSA) is 32.3 Å². The van der Waals surface area contributed by atoms with Crippen molar-refractivity contribution in [2.75, 3.05) is 13.1 Å². The van der Waals surface area contributed by atoms with Crippen LogP contribution in [0.15, 0.2) is 30.3 Å². The van der Waals surface area contributed by atoms with E-state index in [0.29, 0.717) is 23.9 Å². The Balaban J connectivity index is 0.00000182. The maximum absolute atomic E-state index is 12.7. The Bertz CT molecular complexity index is 544. The van der Waals surface area contributed by atoms with Gasteiger partial charge in [-0.25, -0.2) is 0 Å². The van der Waals surface area contributed by atoms with Gasteiger partial charge in [-0.05, 0) is 62.3 Å². The molecule has 3 nitrogen and oxygen atoms in total. The molecular formula is C21H31ClN2O. The van der Waals surface area contributed by atoms with E-state index in [1.807, 2.05) is 0 Å². The number of carbonyl (C=O) groups excluding carboxylic acids is 1. The van der Waals surface area contributed by atoms with Crippen LogP contribution in [0.2, 0.25) is 0 Å². The Labute approximate surface area is 158 Å². The average molecular weight is 363 g/mol. The summed E-state index contributed by atoms with van der Waals surface area (Å²) in [5, 5.41) is 3.68. The second kappa shape index (κ2) is 8.55. The number of nitrogens with zero attached hydrogens (tertiary/aromatic N) is 1. The third-order valence-corrected chi connectivity index (χ3v) is 6.37. The van der Waals surface area contributed by atoms with Crippen molar-refractivity contribution >= 4 is 18.3 Å². The molecule has 25 heavy (non-hydrogen) atoms. The highest BCUT2D eigenvalue weighted by atomic mass is 35.5. The summed E-state index contributed by atoms with van der Waals surface area (Å²) in [6.45, 7) is 1.93. The molecule has 4 rings (SSSR count). The molecule has 0 aliphatic carbocycles. The first-order valence-corrected chi connectivity index (χ1v) is 9.84. The first-order chi connectivity index (χ1) is 11.8. The summed E-state index contributed by atoms with van der Waals surface area (Å²) in [5.41, 5.74) is 1.44. The van der Waals surface area contributed by atoms with Crippen molar-refractivity contribution in [3.8, 4) is 0 Å². The van der Waals surface area contributed by atoms with E-state index >= 15 is 0 Å². The van der Waals surface area contributed by atoms with Crippen molar-refractivity contribution < 1.29 is 4.79 Å². The van der Waals surface area contributed by atoms with Gasteiger partial charge in [-0.15, -0.1) is 12.4 Å². The Kier molecular flexibility index (Phi) is 6.40. The fraction of sp³-hybridized carbons (Fsp3) is 0.667. The van der Waals surface area contributed by atoms with Crippen LogP contribution < -0.4 is 5.32 Å². The van der Waals surface area contributed by atoms with E-state index in [9.17, 15) is 4.79 Å². The van der Waals surface area contributed by atoms with Crippen molar-refractivity contribution in [1.82, 2.24) is 10.2 Å². The standard InChI is InChI=1S/C21H30N2O.ClH/c24-21(15-18-13-19-6-7-20(14-18)22-19)23-10-8-17(9-11-23)12-16-4-2-1-3-5-16;/h1-5,17-20,22H,6-15H2;1H. The summed E-state index contributed by atoms with van der Waals surface area (Å²) in [5.74, 6) is 1.78. The molecule has 3 heterocycles. The van der Waals surface area contributed by atoms with Gasteiger partial charge in [0.2, 0.25) is 5.91 Å². The summed E-state index contributed by atoms with van der Waals surface area (Å²) in [6.07, 6.45) is 9.36. The number of fused-ring (bicyclic) bond motifs is 2. The van der Waals surface area contributed by atoms with Crippen LogP contribution in [0.5, 0.6) is 0 Å². The highest BCUT2D eigenvalue weighted by Gasteiger charge is 2.35. The van der Waals surface area contributed by atoms with Crippen LogP contribution in [0.25, 0.3) is 0 Å². The average Bonchev–Trinajstić information content (AvgIpc) is 2.95. The Morgan fingerprint density at radius 3 is 2.24 bits per heavy atom. The highest BCUT2D eigenvalue weighted by Crippen LogP contribution is 2.33. The summed E-state index contributed by atoms with van der Waals surface area (Å²) >= 11 is 0. The van der Waals surface area contributed by atoms with Gasteiger partial charge in [-0.3, -0.25) is 4.79 Å². The number of piperidine rings is 2. The van der Waals surface area contributed by atoms with E-state index in [2.05, 4.69) is 40.5 Å². The van der Waals surface area contributed by atoms with Gasteiger partial charge in [0.05, 0.1) is 0 Å². The molecule has 1 aromatic rings. The Morgan fingerprint density at radius 1 is 0.960 bits per heavy atom.